The first kappa shape index (κ1) is 33.0. The van der Waals surface area contributed by atoms with Crippen LogP contribution < -0.4 is 0 Å². The third-order valence-electron chi connectivity index (χ3n) is 10.8. The van der Waals surface area contributed by atoms with E-state index < -0.39 is 0 Å². The fourth-order valence-corrected chi connectivity index (χ4v) is 9.50. The van der Waals surface area contributed by atoms with Crippen LogP contribution >= 0.6 is 11.3 Å². The quantitative estimate of drug-likeness (QED) is 0.138. The minimum absolute atomic E-state index is 0.126. The molecule has 0 aliphatic rings. The first-order valence-corrected chi connectivity index (χ1v) is 19.7. The van der Waals surface area contributed by atoms with Crippen LogP contribution in [0.3, 0.4) is 0 Å². The SMILES string of the molecule is N=C(N=C(N=Cc1ccccc1)c1cccc2c1oc1cccc(-c3cccc4sc5c(-n6c7ccccc7c7ccccc76)cccc5c34)c12)c1ccccc1. The van der Waals surface area contributed by atoms with Gasteiger partial charge in [-0.05, 0) is 53.1 Å². The summed E-state index contributed by atoms with van der Waals surface area (Å²) in [5.41, 5.74) is 9.65. The number of aliphatic imine (C=N–C) groups is 2. The lowest BCUT2D eigenvalue weighted by molar-refractivity contribution is 0.668. The summed E-state index contributed by atoms with van der Waals surface area (Å²) in [5, 5.41) is 15.9. The third-order valence-corrected chi connectivity index (χ3v) is 12.0. The molecule has 1 N–H and O–H groups in total. The van der Waals surface area contributed by atoms with Gasteiger partial charge in [-0.3, -0.25) is 5.41 Å². The van der Waals surface area contributed by atoms with Gasteiger partial charge in [0.15, 0.2) is 11.7 Å². The molecule has 0 aliphatic heterocycles. The maximum absolute atomic E-state index is 8.93. The molecule has 0 bridgehead atoms. The van der Waals surface area contributed by atoms with E-state index in [9.17, 15) is 0 Å². The Morgan fingerprint density at radius 3 is 1.95 bits per heavy atom. The van der Waals surface area contributed by atoms with Gasteiger partial charge < -0.3 is 8.98 Å². The van der Waals surface area contributed by atoms with Crippen LogP contribution in [0.5, 0.6) is 0 Å². The molecule has 0 unspecified atom stereocenters. The molecule has 0 fully saturated rings. The van der Waals surface area contributed by atoms with Crippen LogP contribution in [0, 0.1) is 5.41 Å². The molecule has 57 heavy (non-hydrogen) atoms. The molecule has 11 rings (SSSR count). The number of benzene rings is 8. The molecule has 0 amide bonds. The molecular formula is C51H32N4OS. The van der Waals surface area contributed by atoms with Crippen molar-refractivity contribution in [2.24, 2.45) is 9.98 Å². The van der Waals surface area contributed by atoms with Crippen molar-refractivity contribution in [2.75, 3.05) is 0 Å². The zero-order valence-electron chi connectivity index (χ0n) is 30.6. The minimum atomic E-state index is 0.126. The van der Waals surface area contributed by atoms with Crippen LogP contribution in [0.2, 0.25) is 0 Å². The van der Waals surface area contributed by atoms with Crippen LogP contribution in [0.1, 0.15) is 16.7 Å². The molecule has 6 heteroatoms. The average Bonchev–Trinajstić information content (AvgIpc) is 3.96. The number of nitrogens with zero attached hydrogens (tertiary/aromatic N) is 3. The molecule has 0 saturated carbocycles. The van der Waals surface area contributed by atoms with Crippen molar-refractivity contribution >= 4 is 93.1 Å². The monoisotopic (exact) mass is 748 g/mol. The minimum Gasteiger partial charge on any atom is -0.455 e. The van der Waals surface area contributed by atoms with Gasteiger partial charge >= 0.3 is 0 Å². The fourth-order valence-electron chi connectivity index (χ4n) is 8.26. The number of rotatable bonds is 5. The van der Waals surface area contributed by atoms with Gasteiger partial charge in [0.2, 0.25) is 0 Å². The highest BCUT2D eigenvalue weighted by molar-refractivity contribution is 7.26. The molecule has 8 aromatic carbocycles. The summed E-state index contributed by atoms with van der Waals surface area (Å²) >= 11 is 1.84. The normalized spacial score (nSPS) is 12.3. The highest BCUT2D eigenvalue weighted by Gasteiger charge is 2.22. The van der Waals surface area contributed by atoms with Crippen molar-refractivity contribution in [3.8, 4) is 16.8 Å². The average molecular weight is 749 g/mol. The summed E-state index contributed by atoms with van der Waals surface area (Å²) in [5.74, 6) is 0.531. The number of aromatic nitrogens is 1. The second kappa shape index (κ2) is 13.4. The molecule has 268 valence electrons. The van der Waals surface area contributed by atoms with Crippen molar-refractivity contribution in [1.29, 1.82) is 5.41 Å². The highest BCUT2D eigenvalue weighted by atomic mass is 32.1. The summed E-state index contributed by atoms with van der Waals surface area (Å²) in [6.45, 7) is 0. The maximum Gasteiger partial charge on any atom is 0.165 e. The van der Waals surface area contributed by atoms with Gasteiger partial charge in [-0.2, -0.15) is 0 Å². The van der Waals surface area contributed by atoms with Crippen molar-refractivity contribution in [3.63, 3.8) is 0 Å². The summed E-state index contributed by atoms with van der Waals surface area (Å²) in [6, 6.07) is 62.6. The number of nitrogens with one attached hydrogen (secondary N) is 1. The molecule has 0 radical (unpaired) electrons. The second-order valence-electron chi connectivity index (χ2n) is 14.1. The topological polar surface area (TPSA) is 66.6 Å². The molecule has 0 aliphatic carbocycles. The maximum atomic E-state index is 8.93. The van der Waals surface area contributed by atoms with Crippen LogP contribution in [-0.4, -0.2) is 22.5 Å². The van der Waals surface area contributed by atoms with Crippen LogP contribution in [0.4, 0.5) is 0 Å². The number of para-hydroxylation sites is 3. The van der Waals surface area contributed by atoms with E-state index in [0.717, 1.165) is 38.6 Å². The number of furan rings is 1. The van der Waals surface area contributed by atoms with Crippen LogP contribution in [0.15, 0.2) is 196 Å². The number of hydrogen-bond donors (Lipinski definition) is 1. The lowest BCUT2D eigenvalue weighted by Gasteiger charge is -2.10. The first-order chi connectivity index (χ1) is 28.2. The van der Waals surface area contributed by atoms with E-state index in [1.165, 1.54) is 47.7 Å². The van der Waals surface area contributed by atoms with Gasteiger partial charge in [0, 0.05) is 48.8 Å². The van der Waals surface area contributed by atoms with Crippen molar-refractivity contribution in [2.45, 2.75) is 0 Å². The molecule has 0 spiro atoms. The molecule has 5 nitrogen and oxygen atoms in total. The Labute approximate surface area is 331 Å². The van der Waals surface area contributed by atoms with E-state index in [1.54, 1.807) is 6.21 Å². The third kappa shape index (κ3) is 5.41. The van der Waals surface area contributed by atoms with E-state index >= 15 is 0 Å². The van der Waals surface area contributed by atoms with Crippen LogP contribution in [0.25, 0.3) is 80.7 Å². The number of hydrogen-bond acceptors (Lipinski definition) is 3. The van der Waals surface area contributed by atoms with Gasteiger partial charge in [0.25, 0.3) is 0 Å². The van der Waals surface area contributed by atoms with E-state index in [2.05, 4.69) is 108 Å². The smallest absolute Gasteiger partial charge is 0.165 e. The van der Waals surface area contributed by atoms with E-state index in [0.29, 0.717) is 17.0 Å². The summed E-state index contributed by atoms with van der Waals surface area (Å²) in [6.07, 6.45) is 1.79. The standard InChI is InChI=1S/C51H32N4OS/c52-50(33-17-5-2-6-18-33)54-51(53-31-32-15-3-1-4-16-32)40-25-11-23-38-46-36(21-13-29-44(46)56-48(38)40)37-22-14-30-45-47(37)39-24-12-28-43(49(39)57-45)55-41-26-9-7-19-34(41)35-20-8-10-27-42(35)55/h1-31,52H. The number of fused-ring (bicyclic) bond motifs is 9. The van der Waals surface area contributed by atoms with Gasteiger partial charge in [-0.25, -0.2) is 9.98 Å². The molecule has 0 atom stereocenters. The van der Waals surface area contributed by atoms with E-state index in [1.807, 2.05) is 90.2 Å². The molecular weight excluding hydrogens is 717 g/mol. The van der Waals surface area contributed by atoms with Gasteiger partial charge in [-0.1, -0.05) is 146 Å². The predicted molar refractivity (Wildman–Crippen MR) is 240 cm³/mol. The largest absolute Gasteiger partial charge is 0.455 e. The Balaban J connectivity index is 1.12. The first-order valence-electron chi connectivity index (χ1n) is 18.9. The molecule has 11 aromatic rings. The number of thiophene rings is 1. The molecule has 3 aromatic heterocycles. The van der Waals surface area contributed by atoms with E-state index in [4.69, 9.17) is 19.8 Å². The summed E-state index contributed by atoms with van der Waals surface area (Å²) < 4.78 is 11.7. The Morgan fingerprint density at radius 1 is 0.561 bits per heavy atom. The fraction of sp³-hybridized carbons (Fsp3) is 0. The predicted octanol–water partition coefficient (Wildman–Crippen LogP) is 13.6. The van der Waals surface area contributed by atoms with E-state index in [-0.39, 0.29) is 5.84 Å². The molecule has 0 saturated heterocycles. The second-order valence-corrected chi connectivity index (χ2v) is 15.1. The van der Waals surface area contributed by atoms with Gasteiger partial charge in [0.1, 0.15) is 11.2 Å². The zero-order valence-corrected chi connectivity index (χ0v) is 31.4. The number of amidine groups is 2. The summed E-state index contributed by atoms with van der Waals surface area (Å²) in [7, 11) is 0. The lowest BCUT2D eigenvalue weighted by Crippen LogP contribution is -2.05. The van der Waals surface area contributed by atoms with Crippen LogP contribution in [-0.2, 0) is 0 Å². The summed E-state index contributed by atoms with van der Waals surface area (Å²) in [4.78, 5) is 9.70. The lowest BCUT2D eigenvalue weighted by atomic mass is 9.95. The highest BCUT2D eigenvalue weighted by Crippen LogP contribution is 2.46. The Kier molecular flexibility index (Phi) is 7.76. The van der Waals surface area contributed by atoms with Gasteiger partial charge in [-0.15, -0.1) is 11.3 Å². The Hall–Kier alpha value is -7.41. The van der Waals surface area contributed by atoms with Gasteiger partial charge in [0.05, 0.1) is 27.0 Å². The Morgan fingerprint density at radius 2 is 1.18 bits per heavy atom. The molecule has 3 heterocycles. The van der Waals surface area contributed by atoms with Crippen molar-refractivity contribution in [1.82, 2.24) is 4.57 Å². The Bertz CT molecular complexity index is 3370. The van der Waals surface area contributed by atoms with Crippen molar-refractivity contribution in [3.05, 3.63) is 199 Å². The van der Waals surface area contributed by atoms with Crippen molar-refractivity contribution < 1.29 is 4.42 Å². The zero-order chi connectivity index (χ0) is 37.9.